The lowest BCUT2D eigenvalue weighted by Gasteiger charge is -2.18. The van der Waals surface area contributed by atoms with Gasteiger partial charge in [-0.05, 0) is 141 Å². The molecule has 1 atom stereocenters. The molecule has 0 amide bonds. The van der Waals surface area contributed by atoms with Crippen LogP contribution < -0.4 is 0 Å². The fraction of sp³-hybridized carbons (Fsp3) is 0.587. The fourth-order valence-electron chi connectivity index (χ4n) is 8.38. The average Bonchev–Trinajstić information content (AvgIpc) is 3.46. The number of hydrogen-bond acceptors (Lipinski definition) is 6. The quantitative estimate of drug-likeness (QED) is 0.0261. The zero-order valence-corrected chi connectivity index (χ0v) is 52.0. The third-order valence-corrected chi connectivity index (χ3v) is 13.2. The van der Waals surface area contributed by atoms with E-state index >= 15 is 0 Å². The van der Waals surface area contributed by atoms with Crippen LogP contribution in [0.4, 0.5) is 0 Å². The van der Waals surface area contributed by atoms with E-state index in [1.54, 1.807) is 0 Å². The van der Waals surface area contributed by atoms with E-state index in [1.807, 2.05) is 12.2 Å². The number of hydrogen-bond donors (Lipinski definition) is 0. The van der Waals surface area contributed by atoms with Gasteiger partial charge in [0.15, 0.2) is 6.10 Å². The van der Waals surface area contributed by atoms with Gasteiger partial charge in [-0.1, -0.05) is 274 Å². The minimum absolute atomic E-state index is 0.121. The molecule has 0 heterocycles. The van der Waals surface area contributed by atoms with Crippen molar-refractivity contribution in [3.8, 4) is 0 Å². The molecule has 0 aliphatic heterocycles. The van der Waals surface area contributed by atoms with Gasteiger partial charge in [-0.2, -0.15) is 0 Å². The van der Waals surface area contributed by atoms with Gasteiger partial charge in [0, 0.05) is 19.3 Å². The minimum atomic E-state index is -0.830. The van der Waals surface area contributed by atoms with Crippen LogP contribution in [0.1, 0.15) is 265 Å². The third kappa shape index (κ3) is 65.5. The molecular weight excluding hydrogens is 997 g/mol. The maximum Gasteiger partial charge on any atom is 0.306 e. The smallest absolute Gasteiger partial charge is 0.306 e. The van der Waals surface area contributed by atoms with Crippen molar-refractivity contribution in [3.63, 3.8) is 0 Å². The number of allylic oxidation sites excluding steroid dienone is 28. The normalized spacial score (nSPS) is 13.3. The molecule has 0 N–H and O–H groups in total. The van der Waals surface area contributed by atoms with E-state index in [9.17, 15) is 14.4 Å². The Bertz CT molecular complexity index is 1860. The van der Waals surface area contributed by atoms with Crippen LogP contribution in [-0.2, 0) is 28.6 Å². The highest BCUT2D eigenvalue weighted by atomic mass is 16.6. The van der Waals surface area contributed by atoms with Gasteiger partial charge in [0.25, 0.3) is 0 Å². The van der Waals surface area contributed by atoms with Crippen LogP contribution in [0.25, 0.3) is 0 Å². The Morgan fingerprint density at radius 1 is 0.259 bits per heavy atom. The van der Waals surface area contributed by atoms with Crippen molar-refractivity contribution in [2.75, 3.05) is 13.2 Å². The van der Waals surface area contributed by atoms with Crippen molar-refractivity contribution < 1.29 is 28.6 Å². The van der Waals surface area contributed by atoms with Crippen molar-refractivity contribution in [1.82, 2.24) is 0 Å². The second kappa shape index (κ2) is 67.3. The van der Waals surface area contributed by atoms with E-state index in [-0.39, 0.29) is 37.5 Å². The maximum absolute atomic E-state index is 12.9. The van der Waals surface area contributed by atoms with Crippen molar-refractivity contribution in [1.29, 1.82) is 0 Å². The van der Waals surface area contributed by atoms with Gasteiger partial charge in [0.05, 0.1) is 0 Å². The second-order valence-electron chi connectivity index (χ2n) is 20.9. The molecule has 0 bridgehead atoms. The summed E-state index contributed by atoms with van der Waals surface area (Å²) in [6.45, 7) is 6.31. The molecule has 0 aromatic rings. The number of rotatable bonds is 57. The number of esters is 3. The molecule has 0 aromatic carbocycles. The lowest BCUT2D eigenvalue weighted by Crippen LogP contribution is -2.30. The molecule has 454 valence electrons. The van der Waals surface area contributed by atoms with Crippen molar-refractivity contribution in [2.24, 2.45) is 0 Å². The summed E-state index contributed by atoms with van der Waals surface area (Å²) in [7, 11) is 0. The van der Waals surface area contributed by atoms with E-state index in [0.717, 1.165) is 148 Å². The summed E-state index contributed by atoms with van der Waals surface area (Å²) >= 11 is 0. The minimum Gasteiger partial charge on any atom is -0.462 e. The fourth-order valence-corrected chi connectivity index (χ4v) is 8.38. The number of carbonyl (C=O) groups is 3. The first-order chi connectivity index (χ1) is 40.0. The van der Waals surface area contributed by atoms with Gasteiger partial charge >= 0.3 is 17.9 Å². The molecule has 81 heavy (non-hydrogen) atoms. The van der Waals surface area contributed by atoms with Crippen LogP contribution in [-0.4, -0.2) is 37.2 Å². The Balaban J connectivity index is 4.46. The van der Waals surface area contributed by atoms with Crippen molar-refractivity contribution in [3.05, 3.63) is 170 Å². The van der Waals surface area contributed by atoms with E-state index in [2.05, 4.69) is 179 Å². The molecule has 0 saturated carbocycles. The first-order valence-electron chi connectivity index (χ1n) is 32.6. The molecule has 0 radical (unpaired) electrons. The molecule has 0 rings (SSSR count). The van der Waals surface area contributed by atoms with Crippen LogP contribution in [0.5, 0.6) is 0 Å². The zero-order valence-electron chi connectivity index (χ0n) is 52.0. The predicted octanol–water partition coefficient (Wildman–Crippen LogP) is 22.7. The Labute approximate surface area is 498 Å². The van der Waals surface area contributed by atoms with Crippen LogP contribution in [0.3, 0.4) is 0 Å². The van der Waals surface area contributed by atoms with Gasteiger partial charge in [0.1, 0.15) is 13.2 Å². The first-order valence-corrected chi connectivity index (χ1v) is 32.6. The van der Waals surface area contributed by atoms with Crippen molar-refractivity contribution >= 4 is 17.9 Å². The average molecular weight is 1120 g/mol. The highest BCUT2D eigenvalue weighted by Gasteiger charge is 2.19. The van der Waals surface area contributed by atoms with Crippen LogP contribution >= 0.6 is 0 Å². The summed E-state index contributed by atoms with van der Waals surface area (Å²) in [4.78, 5) is 38.3. The summed E-state index contributed by atoms with van der Waals surface area (Å²) in [5, 5.41) is 0. The molecular formula is C75H118O6. The summed E-state index contributed by atoms with van der Waals surface area (Å²) in [5.41, 5.74) is 0. The van der Waals surface area contributed by atoms with Crippen LogP contribution in [0.15, 0.2) is 170 Å². The topological polar surface area (TPSA) is 78.9 Å². The molecule has 0 aliphatic carbocycles. The van der Waals surface area contributed by atoms with Gasteiger partial charge < -0.3 is 14.2 Å². The summed E-state index contributed by atoms with van der Waals surface area (Å²) in [6.07, 6.45) is 99.4. The van der Waals surface area contributed by atoms with E-state index in [1.165, 1.54) is 70.6 Å². The Morgan fingerprint density at radius 3 is 0.827 bits per heavy atom. The lowest BCUT2D eigenvalue weighted by molar-refractivity contribution is -0.166. The third-order valence-electron chi connectivity index (χ3n) is 13.2. The summed E-state index contributed by atoms with van der Waals surface area (Å²) < 4.78 is 16.8. The number of unbranched alkanes of at least 4 members (excludes halogenated alkanes) is 18. The Hall–Kier alpha value is -5.23. The molecule has 1 unspecified atom stereocenters. The van der Waals surface area contributed by atoms with Gasteiger partial charge in [-0.25, -0.2) is 0 Å². The summed E-state index contributed by atoms with van der Waals surface area (Å²) in [6, 6.07) is 0. The number of carbonyl (C=O) groups excluding carboxylic acids is 3. The monoisotopic (exact) mass is 1110 g/mol. The molecule has 0 aliphatic rings. The van der Waals surface area contributed by atoms with Gasteiger partial charge in [-0.3, -0.25) is 14.4 Å². The van der Waals surface area contributed by atoms with Gasteiger partial charge in [0.2, 0.25) is 0 Å². The SMILES string of the molecule is CC/C=C\C/C=C\C/C=C\C/C=C\C/C=C\C/C=C\C/C=C\CCCCCCCC(=O)OCC(COC(=O)CC/C=C\C/C=C\C/C=C\C/C=C\CC)OC(=O)CCCCCCCCCC/C=C\C/C=C\C/C=C\CCCCCCC. The maximum atomic E-state index is 12.9. The second-order valence-corrected chi connectivity index (χ2v) is 20.9. The van der Waals surface area contributed by atoms with Crippen molar-refractivity contribution in [2.45, 2.75) is 271 Å². The Morgan fingerprint density at radius 2 is 0.506 bits per heavy atom. The highest BCUT2D eigenvalue weighted by Crippen LogP contribution is 2.14. The van der Waals surface area contributed by atoms with E-state index in [0.29, 0.717) is 19.3 Å². The zero-order chi connectivity index (χ0) is 58.5. The van der Waals surface area contributed by atoms with Crippen LogP contribution in [0.2, 0.25) is 0 Å². The van der Waals surface area contributed by atoms with E-state index < -0.39 is 6.10 Å². The first kappa shape index (κ1) is 75.8. The van der Waals surface area contributed by atoms with E-state index in [4.69, 9.17) is 14.2 Å². The predicted molar refractivity (Wildman–Crippen MR) is 352 cm³/mol. The molecule has 0 spiro atoms. The summed E-state index contributed by atoms with van der Waals surface area (Å²) in [5.74, 6) is -1.04. The largest absolute Gasteiger partial charge is 0.462 e. The number of ether oxygens (including phenoxy) is 3. The molecule has 0 aromatic heterocycles. The van der Waals surface area contributed by atoms with Crippen LogP contribution in [0, 0.1) is 0 Å². The molecule has 6 nitrogen and oxygen atoms in total. The Kier molecular flexibility index (Phi) is 62.9. The molecule has 0 fully saturated rings. The lowest BCUT2D eigenvalue weighted by atomic mass is 10.1. The standard InChI is InChI=1S/C75H118O6/c1-4-7-10-13-16-19-22-25-27-29-31-33-35-36-37-38-40-41-43-45-47-50-53-56-59-62-65-68-74(77)80-71-72(70-79-73(76)67-64-61-58-55-52-49-24-21-18-15-12-9-6-3)81-75(78)69-66-63-60-57-54-51-48-46-44-42-39-34-32-30-28-26-23-20-17-14-11-8-5-2/h7,9-10,12,16,18-19,21,23,25-27,30-33,36-37,39-42,45,47,49,52,58,61,72H,4-6,8,11,13-15,17,20,22,24,28-29,34-35,38,43-44,46,48,50-51,53-57,59-60,62-71H2,1-3H3/b10-7-,12-9-,19-16-,21-18-,26-23-,27-25-,32-30-,33-31-,37-36-,41-40-,42-39-,47-45-,52-49-,61-58-. The van der Waals surface area contributed by atoms with Gasteiger partial charge in [-0.15, -0.1) is 0 Å². The molecule has 0 saturated heterocycles. The highest BCUT2D eigenvalue weighted by molar-refractivity contribution is 5.71. The molecule has 6 heteroatoms.